The van der Waals surface area contributed by atoms with E-state index in [1.54, 1.807) is 24.3 Å². The number of hydrogen-bond donors (Lipinski definition) is 1. The normalized spacial score (nSPS) is 15.5. The van der Waals surface area contributed by atoms with Crippen molar-refractivity contribution >= 4 is 81.5 Å². The Kier molecular flexibility index (Phi) is 12.0. The van der Waals surface area contributed by atoms with Crippen molar-refractivity contribution in [3.8, 4) is 0 Å². The summed E-state index contributed by atoms with van der Waals surface area (Å²) in [6.45, 7) is -0.910. The monoisotopic (exact) mass is 775 g/mol. The van der Waals surface area contributed by atoms with E-state index in [2.05, 4.69) is 0 Å². The molecule has 3 heterocycles. The first-order valence-corrected chi connectivity index (χ1v) is 21.4. The molecule has 2 aromatic carbocycles. The van der Waals surface area contributed by atoms with Crippen LogP contribution in [0, 0.1) is 0 Å². The van der Waals surface area contributed by atoms with E-state index in [1.807, 2.05) is 52.8 Å². The van der Waals surface area contributed by atoms with E-state index in [-0.39, 0.29) is 24.3 Å². The van der Waals surface area contributed by atoms with Crippen molar-refractivity contribution < 1.29 is 41.0 Å². The molecule has 0 spiro atoms. The smallest absolute Gasteiger partial charge is 0.340 e. The Hall–Kier alpha value is -3.79. The summed E-state index contributed by atoms with van der Waals surface area (Å²) in [6, 6.07) is 18.0. The fourth-order valence-electron chi connectivity index (χ4n) is 5.08. The minimum Gasteiger partial charge on any atom is -0.461 e. The van der Waals surface area contributed by atoms with Crippen LogP contribution >= 0.6 is 34.3 Å². The van der Waals surface area contributed by atoms with E-state index < -0.39 is 62.4 Å². The number of ether oxygens (including phenoxy) is 2. The molecule has 0 amide bonds. The highest BCUT2D eigenvalue weighted by Gasteiger charge is 2.31. The van der Waals surface area contributed by atoms with Crippen LogP contribution in [0.1, 0.15) is 26.9 Å². The van der Waals surface area contributed by atoms with Crippen LogP contribution in [0.25, 0.3) is 15.7 Å². The summed E-state index contributed by atoms with van der Waals surface area (Å²) in [5, 5.41) is 13.0. The lowest BCUT2D eigenvalue weighted by molar-refractivity contribution is -0.142. The molecule has 0 radical (unpaired) electrons. The first kappa shape index (κ1) is 37.5. The van der Waals surface area contributed by atoms with E-state index >= 15 is 0 Å². The lowest BCUT2D eigenvalue weighted by Gasteiger charge is -2.31. The SMILES string of the molecule is CS(=O)(=O)CCOC(=O)C1=CC(c2ccc(CO)cc2)=CC(c2cccs2)N(Cc2sc3ccccc3c2Cl)C=C1C(=O)OCCS(C)(=O)=O. The number of allylic oxidation sites excluding steroid dienone is 2. The minimum absolute atomic E-state index is 0.180. The quantitative estimate of drug-likeness (QED) is 0.167. The van der Waals surface area contributed by atoms with Gasteiger partial charge >= 0.3 is 11.9 Å². The number of aliphatic hydroxyl groups excluding tert-OH is 1. The molecule has 264 valence electrons. The van der Waals surface area contributed by atoms with Crippen LogP contribution in [0.2, 0.25) is 5.02 Å². The second-order valence-electron chi connectivity index (χ2n) is 11.6. The molecule has 15 heteroatoms. The van der Waals surface area contributed by atoms with E-state index in [4.69, 9.17) is 21.1 Å². The Morgan fingerprint density at radius 3 is 2.10 bits per heavy atom. The number of nitrogens with zero attached hydrogens (tertiary/aromatic N) is 1. The molecule has 50 heavy (non-hydrogen) atoms. The Morgan fingerprint density at radius 1 is 0.880 bits per heavy atom. The van der Waals surface area contributed by atoms with Gasteiger partial charge in [-0.3, -0.25) is 0 Å². The van der Waals surface area contributed by atoms with Gasteiger partial charge in [0.1, 0.15) is 13.2 Å². The molecule has 4 aromatic rings. The number of benzene rings is 2. The van der Waals surface area contributed by atoms with Gasteiger partial charge in [0.05, 0.1) is 46.9 Å². The summed E-state index contributed by atoms with van der Waals surface area (Å²) in [5.41, 5.74) is 1.38. The molecular formula is C35H34ClNO9S4. The number of aliphatic hydroxyl groups is 1. The fraction of sp³-hybridized carbons (Fsp3) is 0.257. The van der Waals surface area contributed by atoms with Gasteiger partial charge in [0, 0.05) is 38.6 Å². The van der Waals surface area contributed by atoms with Crippen molar-refractivity contribution in [3.05, 3.63) is 121 Å². The van der Waals surface area contributed by atoms with Gasteiger partial charge < -0.3 is 19.5 Å². The highest BCUT2D eigenvalue weighted by molar-refractivity contribution is 7.90. The van der Waals surface area contributed by atoms with Crippen molar-refractivity contribution in [2.45, 2.75) is 19.2 Å². The molecule has 0 bridgehead atoms. The Morgan fingerprint density at radius 2 is 1.52 bits per heavy atom. The molecule has 1 aliphatic heterocycles. The lowest BCUT2D eigenvalue weighted by atomic mass is 9.94. The van der Waals surface area contributed by atoms with E-state index in [1.165, 1.54) is 34.9 Å². The third kappa shape index (κ3) is 9.71. The number of rotatable bonds is 13. The summed E-state index contributed by atoms with van der Waals surface area (Å²) in [4.78, 5) is 31.2. The van der Waals surface area contributed by atoms with E-state index in [0.717, 1.165) is 32.4 Å². The number of carbonyl (C=O) groups excluding carboxylic acids is 2. The van der Waals surface area contributed by atoms with Gasteiger partial charge in [-0.1, -0.05) is 60.1 Å². The Bertz CT molecular complexity index is 2180. The number of fused-ring (bicyclic) bond motifs is 1. The zero-order valence-corrected chi connectivity index (χ0v) is 31.1. The standard InChI is InChI=1S/C35H34ClNO9S4/c1-49(41,42)16-13-45-34(39)27-18-25(24-11-9-23(22-38)10-12-24)19-29(31-8-5-15-47-31)37(20-28(27)35(40)46-14-17-50(2,43)44)21-32-33(36)26-6-3-4-7-30(26)48-32/h3-12,15,18-20,29,38H,13-14,16-17,21-22H2,1-2H3. The van der Waals surface area contributed by atoms with Crippen molar-refractivity contribution in [2.24, 2.45) is 0 Å². The van der Waals surface area contributed by atoms with Crippen molar-refractivity contribution in [1.82, 2.24) is 4.90 Å². The van der Waals surface area contributed by atoms with Gasteiger partial charge in [-0.05, 0) is 46.4 Å². The molecule has 0 saturated heterocycles. The van der Waals surface area contributed by atoms with Crippen LogP contribution in [0.15, 0.2) is 95.5 Å². The van der Waals surface area contributed by atoms with Crippen LogP contribution in [0.5, 0.6) is 0 Å². The van der Waals surface area contributed by atoms with Gasteiger partial charge in [-0.2, -0.15) is 0 Å². The molecule has 1 N–H and O–H groups in total. The maximum absolute atomic E-state index is 13.9. The third-order valence-electron chi connectivity index (χ3n) is 7.63. The predicted molar refractivity (Wildman–Crippen MR) is 197 cm³/mol. The average molecular weight is 776 g/mol. The molecule has 1 atom stereocenters. The Balaban J connectivity index is 1.71. The van der Waals surface area contributed by atoms with Gasteiger partial charge in [0.15, 0.2) is 19.7 Å². The molecule has 1 unspecified atom stereocenters. The molecule has 1 aliphatic rings. The highest BCUT2D eigenvalue weighted by atomic mass is 35.5. The number of esters is 2. The van der Waals surface area contributed by atoms with Crippen LogP contribution in [0.4, 0.5) is 0 Å². The van der Waals surface area contributed by atoms with Crippen molar-refractivity contribution in [2.75, 3.05) is 37.2 Å². The maximum atomic E-state index is 13.9. The van der Waals surface area contributed by atoms with Gasteiger partial charge in [0.25, 0.3) is 0 Å². The van der Waals surface area contributed by atoms with Crippen molar-refractivity contribution in [1.29, 1.82) is 0 Å². The summed E-state index contributed by atoms with van der Waals surface area (Å²) >= 11 is 9.88. The van der Waals surface area contributed by atoms with Gasteiger partial charge in [0.2, 0.25) is 0 Å². The van der Waals surface area contributed by atoms with Gasteiger partial charge in [-0.25, -0.2) is 26.4 Å². The molecule has 0 fully saturated rings. The molecule has 2 aromatic heterocycles. The molecule has 10 nitrogen and oxygen atoms in total. The largest absolute Gasteiger partial charge is 0.461 e. The van der Waals surface area contributed by atoms with E-state index in [9.17, 15) is 31.5 Å². The van der Waals surface area contributed by atoms with Crippen LogP contribution < -0.4 is 0 Å². The molecule has 0 aliphatic carbocycles. The molecule has 0 saturated carbocycles. The number of hydrogen-bond acceptors (Lipinski definition) is 12. The van der Waals surface area contributed by atoms with E-state index in [0.29, 0.717) is 21.7 Å². The van der Waals surface area contributed by atoms with Crippen molar-refractivity contribution in [3.63, 3.8) is 0 Å². The van der Waals surface area contributed by atoms with Gasteiger partial charge in [-0.15, -0.1) is 22.7 Å². The fourth-order valence-corrected chi connectivity index (χ4v) is 8.17. The highest BCUT2D eigenvalue weighted by Crippen LogP contribution is 2.40. The first-order chi connectivity index (χ1) is 23.7. The first-order valence-electron chi connectivity index (χ1n) is 15.2. The summed E-state index contributed by atoms with van der Waals surface area (Å²) in [5.74, 6) is -2.83. The second kappa shape index (κ2) is 16.0. The van der Waals surface area contributed by atoms with Crippen LogP contribution in [0.3, 0.4) is 0 Å². The molecule has 5 rings (SSSR count). The minimum atomic E-state index is -3.49. The zero-order valence-electron chi connectivity index (χ0n) is 27.1. The predicted octanol–water partition coefficient (Wildman–Crippen LogP) is 5.73. The lowest BCUT2D eigenvalue weighted by Crippen LogP contribution is -2.28. The number of thiophene rings is 2. The number of sulfone groups is 2. The Labute approximate surface area is 303 Å². The third-order valence-corrected chi connectivity index (χ3v) is 12.1. The van der Waals surface area contributed by atoms with Crippen LogP contribution in [-0.4, -0.2) is 76.0 Å². The second-order valence-corrected chi connectivity index (χ2v) is 18.6. The average Bonchev–Trinajstić information content (AvgIpc) is 3.69. The summed E-state index contributed by atoms with van der Waals surface area (Å²) in [7, 11) is -6.97. The number of carbonyl (C=O) groups is 2. The molecular weight excluding hydrogens is 742 g/mol. The maximum Gasteiger partial charge on any atom is 0.340 e. The topological polar surface area (TPSA) is 144 Å². The number of halogens is 1. The summed E-state index contributed by atoms with van der Waals surface area (Å²) in [6.07, 6.45) is 6.93. The summed E-state index contributed by atoms with van der Waals surface area (Å²) < 4.78 is 59.2. The van der Waals surface area contributed by atoms with Crippen LogP contribution in [-0.2, 0) is 51.9 Å². The zero-order chi connectivity index (χ0) is 36.1.